The van der Waals surface area contributed by atoms with Crippen LogP contribution in [0.1, 0.15) is 25.3 Å². The molecule has 166 valence electrons. The maximum Gasteiger partial charge on any atom is 0.0462 e. The van der Waals surface area contributed by atoms with Gasteiger partial charge in [0.2, 0.25) is 0 Å². The number of benzene rings is 5. The van der Waals surface area contributed by atoms with E-state index in [-0.39, 0.29) is 0 Å². The van der Waals surface area contributed by atoms with Crippen molar-refractivity contribution in [1.29, 1.82) is 0 Å². The predicted molar refractivity (Wildman–Crippen MR) is 146 cm³/mol. The minimum Gasteiger partial charge on any atom is -0.311 e. The molecule has 0 unspecified atom stereocenters. The maximum atomic E-state index is 2.33. The zero-order chi connectivity index (χ0) is 23.3. The van der Waals surface area contributed by atoms with Crippen LogP contribution in [0.2, 0.25) is 0 Å². The highest BCUT2D eigenvalue weighted by molar-refractivity contribution is 5.79. The van der Waals surface area contributed by atoms with E-state index in [0.29, 0.717) is 5.92 Å². The topological polar surface area (TPSA) is 3.24 Å². The average molecular weight is 440 g/mol. The van der Waals surface area contributed by atoms with Crippen molar-refractivity contribution < 1.29 is 0 Å². The molecule has 0 heterocycles. The summed E-state index contributed by atoms with van der Waals surface area (Å²) >= 11 is 0. The first-order valence-electron chi connectivity index (χ1n) is 11.9. The maximum absolute atomic E-state index is 2.33. The van der Waals surface area contributed by atoms with E-state index in [9.17, 15) is 0 Å². The van der Waals surface area contributed by atoms with E-state index in [1.54, 1.807) is 0 Å². The minimum atomic E-state index is 0.512. The molecule has 5 aromatic rings. The van der Waals surface area contributed by atoms with Gasteiger partial charge < -0.3 is 4.90 Å². The molecule has 0 aliphatic carbocycles. The van der Waals surface area contributed by atoms with Crippen LogP contribution < -0.4 is 4.90 Å². The molecule has 0 N–H and O–H groups in total. The fourth-order valence-electron chi connectivity index (χ4n) is 4.32. The van der Waals surface area contributed by atoms with E-state index in [4.69, 9.17) is 0 Å². The van der Waals surface area contributed by atoms with E-state index in [0.717, 1.165) is 17.1 Å². The third-order valence-corrected chi connectivity index (χ3v) is 6.28. The lowest BCUT2D eigenvalue weighted by molar-refractivity contribution is 0.866. The van der Waals surface area contributed by atoms with E-state index >= 15 is 0 Å². The molecule has 0 radical (unpaired) electrons. The van der Waals surface area contributed by atoms with Gasteiger partial charge in [-0.1, -0.05) is 111 Å². The zero-order valence-corrected chi connectivity index (χ0v) is 19.7. The van der Waals surface area contributed by atoms with Gasteiger partial charge in [0, 0.05) is 17.1 Å². The second-order valence-corrected chi connectivity index (χ2v) is 8.91. The molecule has 5 aromatic carbocycles. The van der Waals surface area contributed by atoms with Crippen LogP contribution in [-0.2, 0) is 0 Å². The summed E-state index contributed by atoms with van der Waals surface area (Å²) in [5.74, 6) is 0.512. The molecule has 0 aliphatic heterocycles. The molecular weight excluding hydrogens is 410 g/mol. The van der Waals surface area contributed by atoms with E-state index in [2.05, 4.69) is 152 Å². The largest absolute Gasteiger partial charge is 0.311 e. The second kappa shape index (κ2) is 9.80. The average Bonchev–Trinajstić information content (AvgIpc) is 2.91. The van der Waals surface area contributed by atoms with Crippen LogP contribution in [0.4, 0.5) is 17.1 Å². The van der Waals surface area contributed by atoms with Crippen LogP contribution in [0.3, 0.4) is 0 Å². The van der Waals surface area contributed by atoms with Crippen LogP contribution in [0.15, 0.2) is 133 Å². The predicted octanol–water partition coefficient (Wildman–Crippen LogP) is 9.61. The first-order valence-corrected chi connectivity index (χ1v) is 11.9. The Labute approximate surface area is 203 Å². The smallest absolute Gasteiger partial charge is 0.0462 e. The fraction of sp³-hybridized carbons (Fsp3) is 0.0909. The summed E-state index contributed by atoms with van der Waals surface area (Å²) in [7, 11) is 0. The van der Waals surface area contributed by atoms with Gasteiger partial charge in [0.25, 0.3) is 0 Å². The van der Waals surface area contributed by atoms with Crippen LogP contribution in [0.5, 0.6) is 0 Å². The van der Waals surface area contributed by atoms with Gasteiger partial charge in [-0.05, 0) is 70.1 Å². The van der Waals surface area contributed by atoms with Crippen molar-refractivity contribution in [2.45, 2.75) is 19.8 Å². The van der Waals surface area contributed by atoms with Gasteiger partial charge in [-0.25, -0.2) is 0 Å². The lowest BCUT2D eigenvalue weighted by Crippen LogP contribution is -2.10. The van der Waals surface area contributed by atoms with Crippen LogP contribution >= 0.6 is 0 Å². The Bertz CT molecular complexity index is 1240. The van der Waals surface area contributed by atoms with Gasteiger partial charge in [-0.15, -0.1) is 0 Å². The summed E-state index contributed by atoms with van der Waals surface area (Å²) in [6.45, 7) is 4.47. The van der Waals surface area contributed by atoms with Gasteiger partial charge in [-0.3, -0.25) is 0 Å². The quantitative estimate of drug-likeness (QED) is 0.254. The highest BCUT2D eigenvalue weighted by Gasteiger charge is 2.13. The van der Waals surface area contributed by atoms with Crippen LogP contribution in [0, 0.1) is 0 Å². The highest BCUT2D eigenvalue weighted by atomic mass is 15.1. The Morgan fingerprint density at radius 1 is 0.382 bits per heavy atom. The lowest BCUT2D eigenvalue weighted by atomic mass is 10.0. The normalized spacial score (nSPS) is 10.9. The third-order valence-electron chi connectivity index (χ3n) is 6.28. The molecule has 0 amide bonds. The molecule has 5 rings (SSSR count). The van der Waals surface area contributed by atoms with Gasteiger partial charge in [0.1, 0.15) is 0 Å². The zero-order valence-electron chi connectivity index (χ0n) is 19.7. The Kier molecular flexibility index (Phi) is 6.27. The summed E-state index contributed by atoms with van der Waals surface area (Å²) in [4.78, 5) is 2.33. The first-order chi connectivity index (χ1) is 16.7. The van der Waals surface area contributed by atoms with Crippen molar-refractivity contribution in [3.05, 3.63) is 139 Å². The molecule has 0 atom stereocenters. The fourth-order valence-corrected chi connectivity index (χ4v) is 4.32. The molecule has 1 nitrogen and oxygen atoms in total. The monoisotopic (exact) mass is 439 g/mol. The molecule has 34 heavy (non-hydrogen) atoms. The Morgan fingerprint density at radius 3 is 1.06 bits per heavy atom. The van der Waals surface area contributed by atoms with Crippen molar-refractivity contribution in [1.82, 2.24) is 0 Å². The van der Waals surface area contributed by atoms with Gasteiger partial charge in [0.05, 0.1) is 0 Å². The molecule has 0 saturated carbocycles. The van der Waals surface area contributed by atoms with Crippen LogP contribution in [0.25, 0.3) is 22.3 Å². The number of rotatable bonds is 6. The van der Waals surface area contributed by atoms with Gasteiger partial charge >= 0.3 is 0 Å². The Hall–Kier alpha value is -4.10. The molecular formula is C33H29N. The van der Waals surface area contributed by atoms with E-state index < -0.39 is 0 Å². The van der Waals surface area contributed by atoms with Gasteiger partial charge in [-0.2, -0.15) is 0 Å². The van der Waals surface area contributed by atoms with Crippen molar-refractivity contribution in [2.24, 2.45) is 0 Å². The SMILES string of the molecule is CC(C)c1ccc(N(c2ccc(-c3ccccc3)cc2)c2ccc(-c3ccccc3)cc2)cc1. The lowest BCUT2D eigenvalue weighted by Gasteiger charge is -2.26. The highest BCUT2D eigenvalue weighted by Crippen LogP contribution is 2.37. The number of anilines is 3. The number of hydrogen-bond acceptors (Lipinski definition) is 1. The Morgan fingerprint density at radius 2 is 0.706 bits per heavy atom. The van der Waals surface area contributed by atoms with Crippen LogP contribution in [-0.4, -0.2) is 0 Å². The summed E-state index contributed by atoms with van der Waals surface area (Å²) in [5, 5.41) is 0. The second-order valence-electron chi connectivity index (χ2n) is 8.91. The molecule has 0 aliphatic rings. The van der Waals surface area contributed by atoms with E-state index in [1.807, 2.05) is 0 Å². The Balaban J connectivity index is 1.53. The third kappa shape index (κ3) is 4.65. The summed E-state index contributed by atoms with van der Waals surface area (Å²) in [5.41, 5.74) is 9.70. The van der Waals surface area contributed by atoms with Crippen molar-refractivity contribution in [2.75, 3.05) is 4.90 Å². The number of hydrogen-bond donors (Lipinski definition) is 0. The number of nitrogens with zero attached hydrogens (tertiary/aromatic N) is 1. The minimum absolute atomic E-state index is 0.512. The summed E-state index contributed by atoms with van der Waals surface area (Å²) in [6.07, 6.45) is 0. The molecule has 0 fully saturated rings. The molecule has 0 spiro atoms. The van der Waals surface area contributed by atoms with Crippen molar-refractivity contribution in [3.8, 4) is 22.3 Å². The van der Waals surface area contributed by atoms with Gasteiger partial charge in [0.15, 0.2) is 0 Å². The standard InChI is InChI=1S/C33H29N/c1-25(2)26-13-19-31(20-14-26)34(32-21-15-29(16-22-32)27-9-5-3-6-10-27)33-23-17-30(18-24-33)28-11-7-4-8-12-28/h3-25H,1-2H3. The molecule has 0 bridgehead atoms. The van der Waals surface area contributed by atoms with E-state index in [1.165, 1.54) is 27.8 Å². The molecule has 0 saturated heterocycles. The summed E-state index contributed by atoms with van der Waals surface area (Å²) < 4.78 is 0. The van der Waals surface area contributed by atoms with Crippen molar-refractivity contribution in [3.63, 3.8) is 0 Å². The summed E-state index contributed by atoms with van der Waals surface area (Å²) in [6, 6.07) is 47.7. The molecule has 0 aromatic heterocycles. The van der Waals surface area contributed by atoms with Crippen molar-refractivity contribution >= 4 is 17.1 Å². The first kappa shape index (κ1) is 21.7. The molecule has 1 heteroatoms.